The first-order valence-corrected chi connectivity index (χ1v) is 9.80. The molecule has 0 bridgehead atoms. The highest BCUT2D eigenvalue weighted by Crippen LogP contribution is 2.17. The minimum absolute atomic E-state index is 0.153. The summed E-state index contributed by atoms with van der Waals surface area (Å²) in [6.07, 6.45) is 4.22. The minimum atomic E-state index is 0.153. The average Bonchev–Trinajstić information content (AvgIpc) is 3.13. The van der Waals surface area contributed by atoms with Gasteiger partial charge in [-0.05, 0) is 42.9 Å². The van der Waals surface area contributed by atoms with Crippen LogP contribution < -0.4 is 4.74 Å². The van der Waals surface area contributed by atoms with Gasteiger partial charge in [-0.1, -0.05) is 25.5 Å². The zero-order valence-electron chi connectivity index (χ0n) is 16.6. The Morgan fingerprint density at radius 2 is 2.19 bits per heavy atom. The minimum Gasteiger partial charge on any atom is -0.494 e. The van der Waals surface area contributed by atoms with Gasteiger partial charge in [0.15, 0.2) is 0 Å². The number of hydrogen-bond donors (Lipinski definition) is 0. The summed E-state index contributed by atoms with van der Waals surface area (Å²) >= 11 is 0. The molecule has 1 saturated heterocycles. The van der Waals surface area contributed by atoms with Crippen LogP contribution in [0.4, 0.5) is 0 Å². The van der Waals surface area contributed by atoms with Gasteiger partial charge in [0.25, 0.3) is 0 Å². The molecule has 146 valence electrons. The molecule has 2 rings (SSSR count). The molecule has 0 spiro atoms. The molecule has 0 aliphatic carbocycles. The summed E-state index contributed by atoms with van der Waals surface area (Å²) in [4.78, 5) is 16.1. The molecule has 1 aliphatic rings. The second kappa shape index (κ2) is 11.2. The number of unbranched alkanes of at least 4 members (excludes halogenated alkanes) is 1. The van der Waals surface area contributed by atoms with Crippen molar-refractivity contribution < 1.29 is 14.3 Å². The average molecular weight is 363 g/mol. The SMILES string of the molecule is CCCCOc1cccc(CCN(CC(=O)N(C)C)CC2CCOC2)c1. The van der Waals surface area contributed by atoms with E-state index >= 15 is 0 Å². The Labute approximate surface area is 158 Å². The number of carbonyl (C=O) groups is 1. The fourth-order valence-electron chi connectivity index (χ4n) is 3.07. The molecular formula is C21H34N2O3. The van der Waals surface area contributed by atoms with Gasteiger partial charge in [-0.3, -0.25) is 9.69 Å². The van der Waals surface area contributed by atoms with Crippen molar-refractivity contribution in [2.75, 3.05) is 53.6 Å². The van der Waals surface area contributed by atoms with E-state index in [1.54, 1.807) is 4.90 Å². The largest absolute Gasteiger partial charge is 0.494 e. The van der Waals surface area contributed by atoms with Crippen molar-refractivity contribution in [3.8, 4) is 5.75 Å². The molecule has 1 aromatic rings. The molecule has 1 aromatic carbocycles. The predicted octanol–water partition coefficient (Wildman–Crippen LogP) is 2.83. The number of likely N-dealkylation sites (N-methyl/N-ethyl adjacent to an activating group) is 1. The standard InChI is InChI=1S/C21H34N2O3/c1-4-5-12-26-20-8-6-7-18(14-20)9-11-23(16-21(24)22(2)3)15-19-10-13-25-17-19/h6-8,14,19H,4-5,9-13,15-17H2,1-3H3. The number of rotatable bonds is 11. The van der Waals surface area contributed by atoms with Crippen molar-refractivity contribution in [1.82, 2.24) is 9.80 Å². The number of benzene rings is 1. The molecule has 5 nitrogen and oxygen atoms in total. The van der Waals surface area contributed by atoms with Gasteiger partial charge in [-0.25, -0.2) is 0 Å². The van der Waals surface area contributed by atoms with E-state index in [4.69, 9.17) is 9.47 Å². The highest BCUT2D eigenvalue weighted by Gasteiger charge is 2.21. The third-order valence-corrected chi connectivity index (χ3v) is 4.78. The normalized spacial score (nSPS) is 16.8. The lowest BCUT2D eigenvalue weighted by molar-refractivity contribution is -0.130. The van der Waals surface area contributed by atoms with Crippen molar-refractivity contribution in [3.05, 3.63) is 29.8 Å². The van der Waals surface area contributed by atoms with Crippen molar-refractivity contribution in [2.24, 2.45) is 5.92 Å². The maximum absolute atomic E-state index is 12.2. The third-order valence-electron chi connectivity index (χ3n) is 4.78. The molecule has 26 heavy (non-hydrogen) atoms. The van der Waals surface area contributed by atoms with Gasteiger partial charge in [-0.2, -0.15) is 0 Å². The molecule has 1 heterocycles. The molecular weight excluding hydrogens is 328 g/mol. The predicted molar refractivity (Wildman–Crippen MR) is 105 cm³/mol. The van der Waals surface area contributed by atoms with Crippen molar-refractivity contribution in [1.29, 1.82) is 0 Å². The van der Waals surface area contributed by atoms with Crippen LogP contribution >= 0.6 is 0 Å². The zero-order valence-corrected chi connectivity index (χ0v) is 16.6. The van der Waals surface area contributed by atoms with Gasteiger partial charge < -0.3 is 14.4 Å². The van der Waals surface area contributed by atoms with Gasteiger partial charge in [0.05, 0.1) is 19.8 Å². The lowest BCUT2D eigenvalue weighted by Crippen LogP contribution is -2.40. The van der Waals surface area contributed by atoms with E-state index in [2.05, 4.69) is 30.0 Å². The van der Waals surface area contributed by atoms with Crippen molar-refractivity contribution in [3.63, 3.8) is 0 Å². The zero-order chi connectivity index (χ0) is 18.8. The Morgan fingerprint density at radius 3 is 2.88 bits per heavy atom. The summed E-state index contributed by atoms with van der Waals surface area (Å²) in [6.45, 7) is 6.85. The molecule has 5 heteroatoms. The Morgan fingerprint density at radius 1 is 1.35 bits per heavy atom. The molecule has 1 amide bonds. The van der Waals surface area contributed by atoms with Crippen LogP contribution in [0.3, 0.4) is 0 Å². The summed E-state index contributed by atoms with van der Waals surface area (Å²) in [5, 5.41) is 0. The topological polar surface area (TPSA) is 42.0 Å². The van der Waals surface area contributed by atoms with Crippen LogP contribution in [0, 0.1) is 5.92 Å². The Balaban J connectivity index is 1.89. The van der Waals surface area contributed by atoms with Gasteiger partial charge in [0.2, 0.25) is 5.91 Å². The van der Waals surface area contributed by atoms with Crippen LogP contribution in [-0.4, -0.2) is 69.3 Å². The lowest BCUT2D eigenvalue weighted by atomic mass is 10.1. The first-order chi connectivity index (χ1) is 12.6. The molecule has 0 radical (unpaired) electrons. The molecule has 0 aromatic heterocycles. The quantitative estimate of drug-likeness (QED) is 0.568. The highest BCUT2D eigenvalue weighted by atomic mass is 16.5. The fourth-order valence-corrected chi connectivity index (χ4v) is 3.07. The van der Waals surface area contributed by atoms with Gasteiger partial charge in [-0.15, -0.1) is 0 Å². The second-order valence-electron chi connectivity index (χ2n) is 7.35. The summed E-state index contributed by atoms with van der Waals surface area (Å²) in [6, 6.07) is 8.33. The Kier molecular flexibility index (Phi) is 8.92. The number of amides is 1. The maximum Gasteiger partial charge on any atom is 0.236 e. The van der Waals surface area contributed by atoms with E-state index < -0.39 is 0 Å². The van der Waals surface area contributed by atoms with E-state index in [1.807, 2.05) is 20.2 Å². The fraction of sp³-hybridized carbons (Fsp3) is 0.667. The number of hydrogen-bond acceptors (Lipinski definition) is 4. The van der Waals surface area contributed by atoms with Crippen LogP contribution in [-0.2, 0) is 16.0 Å². The number of nitrogens with zero attached hydrogens (tertiary/aromatic N) is 2. The van der Waals surface area contributed by atoms with Gasteiger partial charge in [0, 0.05) is 33.8 Å². The monoisotopic (exact) mass is 362 g/mol. The summed E-state index contributed by atoms with van der Waals surface area (Å²) in [7, 11) is 3.63. The first-order valence-electron chi connectivity index (χ1n) is 9.80. The summed E-state index contributed by atoms with van der Waals surface area (Å²) < 4.78 is 11.3. The maximum atomic E-state index is 12.2. The van der Waals surface area contributed by atoms with E-state index in [9.17, 15) is 4.79 Å². The van der Waals surface area contributed by atoms with Crippen LogP contribution in [0.15, 0.2) is 24.3 Å². The Bertz CT molecular complexity index is 542. The lowest BCUT2D eigenvalue weighted by Gasteiger charge is -2.26. The molecule has 0 saturated carbocycles. The van der Waals surface area contributed by atoms with E-state index in [1.165, 1.54) is 5.56 Å². The van der Waals surface area contributed by atoms with Crippen molar-refractivity contribution >= 4 is 5.91 Å². The van der Waals surface area contributed by atoms with E-state index in [0.29, 0.717) is 12.5 Å². The van der Waals surface area contributed by atoms with Gasteiger partial charge >= 0.3 is 0 Å². The first kappa shape index (κ1) is 20.7. The van der Waals surface area contributed by atoms with Crippen LogP contribution in [0.1, 0.15) is 31.7 Å². The molecule has 0 N–H and O–H groups in total. The van der Waals surface area contributed by atoms with E-state index in [-0.39, 0.29) is 5.91 Å². The molecule has 1 fully saturated rings. The van der Waals surface area contributed by atoms with Crippen LogP contribution in [0.2, 0.25) is 0 Å². The molecule has 1 aliphatic heterocycles. The smallest absolute Gasteiger partial charge is 0.236 e. The van der Waals surface area contributed by atoms with Crippen LogP contribution in [0.5, 0.6) is 5.75 Å². The summed E-state index contributed by atoms with van der Waals surface area (Å²) in [5.41, 5.74) is 1.25. The third kappa shape index (κ3) is 7.34. The van der Waals surface area contributed by atoms with Crippen LogP contribution in [0.25, 0.3) is 0 Å². The molecule has 1 atom stereocenters. The summed E-state index contributed by atoms with van der Waals surface area (Å²) in [5.74, 6) is 1.63. The number of ether oxygens (including phenoxy) is 2. The Hall–Kier alpha value is -1.59. The van der Waals surface area contributed by atoms with Gasteiger partial charge in [0.1, 0.15) is 5.75 Å². The van der Waals surface area contributed by atoms with E-state index in [0.717, 1.165) is 64.3 Å². The molecule has 1 unspecified atom stereocenters. The number of carbonyl (C=O) groups excluding carboxylic acids is 1. The highest BCUT2D eigenvalue weighted by molar-refractivity contribution is 5.77. The van der Waals surface area contributed by atoms with Crippen molar-refractivity contribution in [2.45, 2.75) is 32.6 Å². The second-order valence-corrected chi connectivity index (χ2v) is 7.35.